The van der Waals surface area contributed by atoms with Crippen LogP contribution in [0.25, 0.3) is 0 Å². The number of halogens is 2. The van der Waals surface area contributed by atoms with Crippen LogP contribution in [-0.4, -0.2) is 42.2 Å². The summed E-state index contributed by atoms with van der Waals surface area (Å²) in [6, 6.07) is 3.94. The molecule has 1 aromatic carbocycles. The number of amides is 1. The van der Waals surface area contributed by atoms with Crippen molar-refractivity contribution in [2.45, 2.75) is 19.3 Å². The van der Waals surface area contributed by atoms with Crippen LogP contribution in [0.1, 0.15) is 17.7 Å². The van der Waals surface area contributed by atoms with E-state index < -0.39 is 5.82 Å². The molecule has 2 aliphatic rings. The number of rotatable bonds is 3. The molecule has 27 heavy (non-hydrogen) atoms. The minimum Gasteiger partial charge on any atom is -0.378 e. The number of fused-ring (bicyclic) bond motifs is 1. The standard InChI is InChI=1S/C19H20ClFN4O2/c20-15-10-14(21)2-4-17(15)23-18(26)12-1-3-16-13(9-12)11-22-19(24-16)25-5-7-27-8-6-25/h2,4,10-12H,1,3,5-9H2,(H,23,26)/t12-/m1/s1. The quantitative estimate of drug-likeness (QED) is 0.872. The van der Waals surface area contributed by atoms with Crippen molar-refractivity contribution in [2.24, 2.45) is 5.92 Å². The van der Waals surface area contributed by atoms with Gasteiger partial charge in [-0.15, -0.1) is 0 Å². The van der Waals surface area contributed by atoms with Crippen molar-refractivity contribution >= 4 is 29.1 Å². The molecule has 142 valence electrons. The number of morpholine rings is 1. The molecule has 0 spiro atoms. The summed E-state index contributed by atoms with van der Waals surface area (Å²) in [6.45, 7) is 2.97. The predicted octanol–water partition coefficient (Wildman–Crippen LogP) is 2.85. The Bertz CT molecular complexity index is 858. The molecule has 1 N–H and O–H groups in total. The summed E-state index contributed by atoms with van der Waals surface area (Å²) < 4.78 is 18.5. The highest BCUT2D eigenvalue weighted by Crippen LogP contribution is 2.28. The Hall–Kier alpha value is -2.25. The first-order valence-electron chi connectivity index (χ1n) is 9.03. The van der Waals surface area contributed by atoms with Gasteiger partial charge in [-0.1, -0.05) is 11.6 Å². The van der Waals surface area contributed by atoms with Crippen LogP contribution in [0.15, 0.2) is 24.4 Å². The van der Waals surface area contributed by atoms with Crippen LogP contribution in [0.2, 0.25) is 5.02 Å². The maximum atomic E-state index is 13.2. The first-order chi connectivity index (χ1) is 13.1. The summed E-state index contributed by atoms with van der Waals surface area (Å²) in [5.74, 6) is -0.00118. The highest BCUT2D eigenvalue weighted by Gasteiger charge is 2.27. The van der Waals surface area contributed by atoms with E-state index in [1.807, 2.05) is 6.20 Å². The van der Waals surface area contributed by atoms with Gasteiger partial charge < -0.3 is 15.0 Å². The summed E-state index contributed by atoms with van der Waals surface area (Å²) in [4.78, 5) is 23.9. The lowest BCUT2D eigenvalue weighted by Crippen LogP contribution is -2.38. The van der Waals surface area contributed by atoms with Gasteiger partial charge in [-0.05, 0) is 43.0 Å². The zero-order chi connectivity index (χ0) is 18.8. The van der Waals surface area contributed by atoms with Gasteiger partial charge in [0.1, 0.15) is 5.82 Å². The fourth-order valence-electron chi connectivity index (χ4n) is 3.46. The summed E-state index contributed by atoms with van der Waals surface area (Å²) in [7, 11) is 0. The van der Waals surface area contributed by atoms with E-state index in [1.165, 1.54) is 18.2 Å². The first kappa shape index (κ1) is 18.1. The van der Waals surface area contributed by atoms with Crippen molar-refractivity contribution in [3.8, 4) is 0 Å². The van der Waals surface area contributed by atoms with Crippen molar-refractivity contribution in [2.75, 3.05) is 36.5 Å². The monoisotopic (exact) mass is 390 g/mol. The van der Waals surface area contributed by atoms with E-state index in [1.54, 1.807) is 0 Å². The van der Waals surface area contributed by atoms with Crippen molar-refractivity contribution < 1.29 is 13.9 Å². The van der Waals surface area contributed by atoms with E-state index in [9.17, 15) is 9.18 Å². The molecule has 1 fully saturated rings. The highest BCUT2D eigenvalue weighted by atomic mass is 35.5. The number of carbonyl (C=O) groups is 1. The van der Waals surface area contributed by atoms with Gasteiger partial charge in [0.05, 0.1) is 23.9 Å². The van der Waals surface area contributed by atoms with Gasteiger partial charge in [-0.2, -0.15) is 0 Å². The van der Waals surface area contributed by atoms with Crippen LogP contribution in [0, 0.1) is 11.7 Å². The minimum absolute atomic E-state index is 0.119. The molecule has 0 bridgehead atoms. The molecule has 0 saturated carbocycles. The number of hydrogen-bond donors (Lipinski definition) is 1. The number of aromatic nitrogens is 2. The van der Waals surface area contributed by atoms with Crippen LogP contribution in [-0.2, 0) is 22.4 Å². The van der Waals surface area contributed by atoms with Crippen LogP contribution in [0.5, 0.6) is 0 Å². The maximum Gasteiger partial charge on any atom is 0.227 e. The van der Waals surface area contributed by atoms with E-state index in [2.05, 4.69) is 15.2 Å². The Labute approximate surface area is 161 Å². The van der Waals surface area contributed by atoms with E-state index >= 15 is 0 Å². The van der Waals surface area contributed by atoms with Crippen LogP contribution < -0.4 is 10.2 Å². The molecule has 1 aliphatic heterocycles. The van der Waals surface area contributed by atoms with Gasteiger partial charge in [-0.3, -0.25) is 4.79 Å². The number of benzene rings is 1. The van der Waals surface area contributed by atoms with Crippen molar-refractivity contribution in [1.29, 1.82) is 0 Å². The Kier molecular flexibility index (Phi) is 5.22. The Balaban J connectivity index is 1.44. The van der Waals surface area contributed by atoms with E-state index in [4.69, 9.17) is 21.3 Å². The third-order valence-electron chi connectivity index (χ3n) is 4.99. The minimum atomic E-state index is -0.433. The van der Waals surface area contributed by atoms with Gasteiger partial charge in [0, 0.05) is 30.9 Å². The van der Waals surface area contributed by atoms with Gasteiger partial charge >= 0.3 is 0 Å². The predicted molar refractivity (Wildman–Crippen MR) is 101 cm³/mol. The number of carbonyl (C=O) groups excluding carboxylic acids is 1. The molecule has 0 unspecified atom stereocenters. The second-order valence-electron chi connectivity index (χ2n) is 6.79. The molecule has 1 amide bonds. The largest absolute Gasteiger partial charge is 0.378 e. The van der Waals surface area contributed by atoms with Gasteiger partial charge in [0.25, 0.3) is 0 Å². The lowest BCUT2D eigenvalue weighted by atomic mass is 9.86. The fourth-order valence-corrected chi connectivity index (χ4v) is 3.68. The molecule has 4 rings (SSSR count). The van der Waals surface area contributed by atoms with Crippen molar-refractivity contribution in [3.05, 3.63) is 46.5 Å². The smallest absolute Gasteiger partial charge is 0.227 e. The number of hydrogen-bond acceptors (Lipinski definition) is 5. The third-order valence-corrected chi connectivity index (χ3v) is 5.30. The average molecular weight is 391 g/mol. The van der Waals surface area contributed by atoms with Crippen LogP contribution >= 0.6 is 11.6 Å². The molecular formula is C19H20ClFN4O2. The van der Waals surface area contributed by atoms with Crippen LogP contribution in [0.3, 0.4) is 0 Å². The third kappa shape index (κ3) is 4.04. The Morgan fingerprint density at radius 1 is 1.33 bits per heavy atom. The van der Waals surface area contributed by atoms with Crippen LogP contribution in [0.4, 0.5) is 16.0 Å². The van der Waals surface area contributed by atoms with Crippen molar-refractivity contribution in [1.82, 2.24) is 9.97 Å². The molecular weight excluding hydrogens is 371 g/mol. The second kappa shape index (κ2) is 7.78. The number of nitrogens with one attached hydrogen (secondary N) is 1. The molecule has 1 aliphatic carbocycles. The lowest BCUT2D eigenvalue weighted by Gasteiger charge is -2.28. The summed E-state index contributed by atoms with van der Waals surface area (Å²) >= 11 is 6.00. The molecule has 1 aromatic heterocycles. The van der Waals surface area contributed by atoms with Gasteiger partial charge in [-0.25, -0.2) is 14.4 Å². The molecule has 2 heterocycles. The zero-order valence-electron chi connectivity index (χ0n) is 14.8. The number of ether oxygens (including phenoxy) is 1. The number of anilines is 2. The maximum absolute atomic E-state index is 13.2. The number of nitrogens with zero attached hydrogens (tertiary/aromatic N) is 3. The zero-order valence-corrected chi connectivity index (χ0v) is 15.5. The summed E-state index contributed by atoms with van der Waals surface area (Å²) in [5.41, 5.74) is 2.44. The second-order valence-corrected chi connectivity index (χ2v) is 7.20. The molecule has 1 atom stereocenters. The normalized spacial score (nSPS) is 19.5. The average Bonchev–Trinajstić information content (AvgIpc) is 2.70. The highest BCUT2D eigenvalue weighted by molar-refractivity contribution is 6.33. The summed E-state index contributed by atoms with van der Waals surface area (Å²) in [6.07, 6.45) is 3.85. The first-order valence-corrected chi connectivity index (χ1v) is 9.41. The van der Waals surface area contributed by atoms with Crippen molar-refractivity contribution in [3.63, 3.8) is 0 Å². The fraction of sp³-hybridized carbons (Fsp3) is 0.421. The molecule has 0 radical (unpaired) electrons. The van der Waals surface area contributed by atoms with Gasteiger partial charge in [0.15, 0.2) is 0 Å². The molecule has 1 saturated heterocycles. The summed E-state index contributed by atoms with van der Waals surface area (Å²) in [5, 5.41) is 2.99. The van der Waals surface area contributed by atoms with E-state index in [0.717, 1.165) is 36.7 Å². The van der Waals surface area contributed by atoms with E-state index in [0.29, 0.717) is 31.7 Å². The number of aryl methyl sites for hydroxylation is 1. The Morgan fingerprint density at radius 2 is 2.15 bits per heavy atom. The topological polar surface area (TPSA) is 67.4 Å². The SMILES string of the molecule is O=C(Nc1ccc(F)cc1Cl)[C@@H]1CCc2nc(N3CCOCC3)ncc2C1. The Morgan fingerprint density at radius 3 is 2.93 bits per heavy atom. The lowest BCUT2D eigenvalue weighted by molar-refractivity contribution is -0.120. The van der Waals surface area contributed by atoms with Gasteiger partial charge in [0.2, 0.25) is 11.9 Å². The molecule has 2 aromatic rings. The molecule has 8 heteroatoms. The molecule has 6 nitrogen and oxygen atoms in total. The van der Waals surface area contributed by atoms with E-state index in [-0.39, 0.29) is 16.8 Å².